The molecule has 0 radical (unpaired) electrons. The fraction of sp³-hybridized carbons (Fsp3) is 0.0952. The van der Waals surface area contributed by atoms with Gasteiger partial charge in [-0.3, -0.25) is 9.59 Å². The SMILES string of the molecule is O=C1C[C@@]2(C(=O)Nc3c(Cl)cccc32)c2sc(C(=O)O)c(-c3ccc(Cl)cc3)c2N1. The first-order chi connectivity index (χ1) is 14.3. The second kappa shape index (κ2) is 6.57. The maximum Gasteiger partial charge on any atom is 0.346 e. The van der Waals surface area contributed by atoms with Crippen molar-refractivity contribution in [3.63, 3.8) is 0 Å². The van der Waals surface area contributed by atoms with Crippen molar-refractivity contribution in [2.75, 3.05) is 10.6 Å². The first-order valence-electron chi connectivity index (χ1n) is 8.89. The van der Waals surface area contributed by atoms with E-state index in [-0.39, 0.29) is 17.2 Å². The molecule has 0 unspecified atom stereocenters. The summed E-state index contributed by atoms with van der Waals surface area (Å²) in [5.74, 6) is -1.92. The minimum Gasteiger partial charge on any atom is -0.477 e. The lowest BCUT2D eigenvalue weighted by Crippen LogP contribution is -2.42. The van der Waals surface area contributed by atoms with Crippen LogP contribution in [-0.2, 0) is 15.0 Å². The van der Waals surface area contributed by atoms with Crippen molar-refractivity contribution in [2.24, 2.45) is 0 Å². The predicted molar refractivity (Wildman–Crippen MR) is 116 cm³/mol. The summed E-state index contributed by atoms with van der Waals surface area (Å²) in [6.45, 7) is 0. The highest BCUT2D eigenvalue weighted by Crippen LogP contribution is 2.57. The smallest absolute Gasteiger partial charge is 0.346 e. The second-order valence-electron chi connectivity index (χ2n) is 7.07. The van der Waals surface area contributed by atoms with Crippen LogP contribution in [-0.4, -0.2) is 22.9 Å². The van der Waals surface area contributed by atoms with Crippen molar-refractivity contribution in [2.45, 2.75) is 11.8 Å². The first kappa shape index (κ1) is 19.1. The van der Waals surface area contributed by atoms with E-state index in [2.05, 4.69) is 10.6 Å². The number of thiophene rings is 1. The number of aromatic carboxylic acids is 1. The van der Waals surface area contributed by atoms with Crippen molar-refractivity contribution in [3.05, 3.63) is 67.8 Å². The average molecular weight is 459 g/mol. The Morgan fingerprint density at radius 1 is 1.03 bits per heavy atom. The lowest BCUT2D eigenvalue weighted by Gasteiger charge is -2.31. The molecule has 9 heteroatoms. The van der Waals surface area contributed by atoms with Gasteiger partial charge >= 0.3 is 5.97 Å². The molecular weight excluding hydrogens is 447 g/mol. The van der Waals surface area contributed by atoms with E-state index in [4.69, 9.17) is 23.2 Å². The number of amides is 2. The highest BCUT2D eigenvalue weighted by atomic mass is 35.5. The molecule has 2 aliphatic rings. The van der Waals surface area contributed by atoms with Crippen LogP contribution in [0.25, 0.3) is 11.1 Å². The predicted octanol–water partition coefficient (Wildman–Crippen LogP) is 5.00. The molecule has 1 spiro atoms. The van der Waals surface area contributed by atoms with E-state index >= 15 is 0 Å². The summed E-state index contributed by atoms with van der Waals surface area (Å²) in [6.07, 6.45) is -0.140. The maximum atomic E-state index is 13.2. The summed E-state index contributed by atoms with van der Waals surface area (Å²) in [5.41, 5.74) is 0.947. The fourth-order valence-electron chi connectivity index (χ4n) is 4.15. The van der Waals surface area contributed by atoms with Gasteiger partial charge in [-0.2, -0.15) is 0 Å². The van der Waals surface area contributed by atoms with Gasteiger partial charge in [-0.15, -0.1) is 11.3 Å². The van der Waals surface area contributed by atoms with Gasteiger partial charge in [0.15, 0.2) is 0 Å². The molecule has 0 fully saturated rings. The highest BCUT2D eigenvalue weighted by molar-refractivity contribution is 7.15. The highest BCUT2D eigenvalue weighted by Gasteiger charge is 2.55. The van der Waals surface area contributed by atoms with Crippen molar-refractivity contribution in [1.82, 2.24) is 0 Å². The summed E-state index contributed by atoms with van der Waals surface area (Å²) in [6, 6.07) is 11.8. The molecule has 0 saturated heterocycles. The van der Waals surface area contributed by atoms with Gasteiger partial charge in [0.25, 0.3) is 0 Å². The minimum atomic E-state index is -1.34. The van der Waals surface area contributed by atoms with Crippen LogP contribution in [0, 0.1) is 0 Å². The molecule has 30 heavy (non-hydrogen) atoms. The number of carboxylic acid groups (broad SMARTS) is 1. The van der Waals surface area contributed by atoms with Gasteiger partial charge in [0, 0.05) is 10.6 Å². The third kappa shape index (κ3) is 2.52. The van der Waals surface area contributed by atoms with Gasteiger partial charge < -0.3 is 15.7 Å². The molecule has 1 aromatic heterocycles. The normalized spacial score (nSPS) is 19.3. The lowest BCUT2D eigenvalue weighted by atomic mass is 9.74. The van der Waals surface area contributed by atoms with Gasteiger partial charge in [-0.05, 0) is 29.3 Å². The Bertz CT molecular complexity index is 1270. The van der Waals surface area contributed by atoms with E-state index in [0.29, 0.717) is 43.0 Å². The van der Waals surface area contributed by atoms with Gasteiger partial charge in [0.05, 0.1) is 27.7 Å². The third-order valence-corrected chi connectivity index (χ3v) is 7.32. The molecule has 0 bridgehead atoms. The summed E-state index contributed by atoms with van der Waals surface area (Å²) in [5, 5.41) is 16.3. The van der Waals surface area contributed by atoms with E-state index < -0.39 is 17.3 Å². The number of fused-ring (bicyclic) bond motifs is 4. The zero-order chi connectivity index (χ0) is 21.2. The molecule has 3 aromatic rings. The third-order valence-electron chi connectivity index (χ3n) is 5.41. The van der Waals surface area contributed by atoms with Gasteiger partial charge in [0.2, 0.25) is 11.8 Å². The standard InChI is InChI=1S/C21H12Cl2N2O4S/c22-10-6-4-9(5-7-10)14-16-18(30-17(14)19(27)28)21(8-13(26)24-16)11-2-1-3-12(23)15(11)25-20(21)29/h1-7H,8H2,(H,24,26)(H,25,29)(H,27,28)/t21-/m0/s1. The number of halogens is 2. The Morgan fingerprint density at radius 2 is 1.77 bits per heavy atom. The molecule has 2 aromatic carbocycles. The number of benzene rings is 2. The molecule has 3 N–H and O–H groups in total. The molecule has 150 valence electrons. The number of carbonyl (C=O) groups is 3. The number of hydrogen-bond donors (Lipinski definition) is 3. The molecule has 2 aliphatic heterocycles. The Kier molecular flexibility index (Phi) is 4.18. The van der Waals surface area contributed by atoms with Crippen molar-refractivity contribution >= 4 is 63.7 Å². The Balaban J connectivity index is 1.85. The first-order valence-corrected chi connectivity index (χ1v) is 10.5. The van der Waals surface area contributed by atoms with Crippen LogP contribution < -0.4 is 10.6 Å². The number of carbonyl (C=O) groups excluding carboxylic acids is 2. The van der Waals surface area contributed by atoms with Crippen molar-refractivity contribution in [3.8, 4) is 11.1 Å². The largest absolute Gasteiger partial charge is 0.477 e. The molecular formula is C21H12Cl2N2O4S. The number of nitrogens with one attached hydrogen (secondary N) is 2. The van der Waals surface area contributed by atoms with E-state index in [0.717, 1.165) is 11.3 Å². The van der Waals surface area contributed by atoms with Crippen LogP contribution >= 0.6 is 34.5 Å². The number of rotatable bonds is 2. The number of hydrogen-bond acceptors (Lipinski definition) is 4. The van der Waals surface area contributed by atoms with Crippen LogP contribution in [0.3, 0.4) is 0 Å². The topological polar surface area (TPSA) is 95.5 Å². The van der Waals surface area contributed by atoms with Crippen LogP contribution in [0.1, 0.15) is 26.5 Å². The van der Waals surface area contributed by atoms with Crippen LogP contribution in [0.4, 0.5) is 11.4 Å². The van der Waals surface area contributed by atoms with Gasteiger partial charge in [-0.1, -0.05) is 47.5 Å². The molecule has 0 aliphatic carbocycles. The molecule has 0 saturated carbocycles. The summed E-state index contributed by atoms with van der Waals surface area (Å²) >= 11 is 13.3. The number of carboxylic acids is 1. The zero-order valence-electron chi connectivity index (χ0n) is 15.1. The van der Waals surface area contributed by atoms with Gasteiger partial charge in [-0.25, -0.2) is 4.79 Å². The van der Waals surface area contributed by atoms with E-state index in [1.165, 1.54) is 0 Å². The van der Waals surface area contributed by atoms with Crippen LogP contribution in [0.2, 0.25) is 10.0 Å². The Labute approximate surface area is 184 Å². The number of anilines is 2. The Morgan fingerprint density at radius 3 is 2.47 bits per heavy atom. The molecule has 3 heterocycles. The quantitative estimate of drug-likeness (QED) is 0.503. The lowest BCUT2D eigenvalue weighted by molar-refractivity contribution is -0.125. The van der Waals surface area contributed by atoms with Crippen LogP contribution in [0.15, 0.2) is 42.5 Å². The Hall–Kier alpha value is -2.87. The monoisotopic (exact) mass is 458 g/mol. The average Bonchev–Trinajstić information content (AvgIpc) is 3.21. The van der Waals surface area contributed by atoms with Crippen molar-refractivity contribution < 1.29 is 19.5 Å². The van der Waals surface area contributed by atoms with E-state index in [1.807, 2.05) is 0 Å². The summed E-state index contributed by atoms with van der Waals surface area (Å²) in [7, 11) is 0. The van der Waals surface area contributed by atoms with Crippen molar-refractivity contribution in [1.29, 1.82) is 0 Å². The van der Waals surface area contributed by atoms with Crippen LogP contribution in [0.5, 0.6) is 0 Å². The zero-order valence-corrected chi connectivity index (χ0v) is 17.4. The summed E-state index contributed by atoms with van der Waals surface area (Å²) in [4.78, 5) is 38.6. The fourth-order valence-corrected chi connectivity index (χ4v) is 5.81. The van der Waals surface area contributed by atoms with E-state index in [9.17, 15) is 19.5 Å². The minimum absolute atomic E-state index is 0.0344. The van der Waals surface area contributed by atoms with E-state index in [1.54, 1.807) is 42.5 Å². The molecule has 6 nitrogen and oxygen atoms in total. The maximum absolute atomic E-state index is 13.2. The van der Waals surface area contributed by atoms with Gasteiger partial charge in [0.1, 0.15) is 10.3 Å². The number of para-hydroxylation sites is 1. The molecule has 2 amide bonds. The molecule has 1 atom stereocenters. The molecule has 5 rings (SSSR count). The summed E-state index contributed by atoms with van der Waals surface area (Å²) < 4.78 is 0. The second-order valence-corrected chi connectivity index (χ2v) is 8.93.